The molecule has 1 aliphatic rings. The lowest BCUT2D eigenvalue weighted by atomic mass is 9.86. The third kappa shape index (κ3) is 11.7. The molecule has 3 amide bonds. The Morgan fingerprint density at radius 3 is 2.23 bits per heavy atom. The molecule has 1 aromatic heterocycles. The molecule has 0 aliphatic carbocycles. The summed E-state index contributed by atoms with van der Waals surface area (Å²) in [5, 5.41) is 7.23. The van der Waals surface area contributed by atoms with Crippen LogP contribution in [0.25, 0.3) is 10.8 Å². The van der Waals surface area contributed by atoms with Crippen molar-refractivity contribution < 1.29 is 40.6 Å². The largest absolute Gasteiger partial charge is 0.496 e. The molecule has 3 N–H and O–H groups in total. The van der Waals surface area contributed by atoms with Gasteiger partial charge in [0.1, 0.15) is 17.2 Å². The Kier molecular flexibility index (Phi) is 14.0. The van der Waals surface area contributed by atoms with Crippen molar-refractivity contribution in [3.8, 4) is 23.0 Å². The number of sulfone groups is 1. The topological polar surface area (TPSA) is 186 Å². The van der Waals surface area contributed by atoms with Crippen LogP contribution in [0.5, 0.6) is 23.0 Å². The second-order valence-corrected chi connectivity index (χ2v) is 20.4. The SMILES string of the molecule is COc1cc(Cc2cc(Oc3ccc(NC(=O)Nc4cc(C(C)(C)C)cc(NS(C)(=O)=O)c4OC)c4ccccc34)ccn2)ccc1C(=O)N(C)CCCN1CCS(=O)(=O)CC1. The van der Waals surface area contributed by atoms with Crippen LogP contribution in [-0.4, -0.2) is 109 Å². The smallest absolute Gasteiger partial charge is 0.323 e. The van der Waals surface area contributed by atoms with E-state index in [9.17, 15) is 26.4 Å². The molecule has 1 saturated heterocycles. The number of anilines is 3. The molecule has 62 heavy (non-hydrogen) atoms. The summed E-state index contributed by atoms with van der Waals surface area (Å²) >= 11 is 0. The van der Waals surface area contributed by atoms with Crippen LogP contribution in [0, 0.1) is 0 Å². The lowest BCUT2D eigenvalue weighted by Gasteiger charge is -2.27. The third-order valence-electron chi connectivity index (χ3n) is 10.5. The minimum atomic E-state index is -3.65. The van der Waals surface area contributed by atoms with Crippen LogP contribution in [0.1, 0.15) is 54.4 Å². The van der Waals surface area contributed by atoms with E-state index in [1.165, 1.54) is 14.2 Å². The summed E-state index contributed by atoms with van der Waals surface area (Å²) in [6.45, 7) is 8.22. The maximum absolute atomic E-state index is 13.5. The van der Waals surface area contributed by atoms with Crippen molar-refractivity contribution in [2.75, 3.05) is 80.6 Å². The number of nitrogens with one attached hydrogen (secondary N) is 3. The number of rotatable bonds is 15. The molecule has 17 heteroatoms. The molecule has 6 rings (SSSR count). The van der Waals surface area contributed by atoms with Crippen molar-refractivity contribution in [3.63, 3.8) is 0 Å². The highest BCUT2D eigenvalue weighted by Gasteiger charge is 2.24. The Hall–Kier alpha value is -5.91. The number of methoxy groups -OCH3 is 2. The van der Waals surface area contributed by atoms with E-state index < -0.39 is 25.9 Å². The molecule has 2 heterocycles. The number of urea groups is 1. The molecular formula is C45H54N6O9S2. The predicted octanol–water partition coefficient (Wildman–Crippen LogP) is 7.14. The van der Waals surface area contributed by atoms with Gasteiger partial charge in [0.2, 0.25) is 10.0 Å². The average molecular weight is 887 g/mol. The summed E-state index contributed by atoms with van der Waals surface area (Å²) < 4.78 is 68.0. The van der Waals surface area contributed by atoms with Crippen LogP contribution in [0.15, 0.2) is 85.1 Å². The summed E-state index contributed by atoms with van der Waals surface area (Å²) in [5.41, 5.74) is 3.47. The zero-order valence-corrected chi connectivity index (χ0v) is 37.7. The highest BCUT2D eigenvalue weighted by atomic mass is 32.2. The van der Waals surface area contributed by atoms with E-state index >= 15 is 0 Å². The van der Waals surface area contributed by atoms with Crippen molar-refractivity contribution in [1.29, 1.82) is 0 Å². The summed E-state index contributed by atoms with van der Waals surface area (Å²) in [5.74, 6) is 1.91. The fourth-order valence-corrected chi connectivity index (χ4v) is 9.01. The number of benzene rings is 4. The van der Waals surface area contributed by atoms with Crippen molar-refractivity contribution in [1.82, 2.24) is 14.8 Å². The fourth-order valence-electron chi connectivity index (χ4n) is 7.18. The van der Waals surface area contributed by atoms with Gasteiger partial charge >= 0.3 is 6.03 Å². The van der Waals surface area contributed by atoms with E-state index in [0.29, 0.717) is 54.6 Å². The Bertz CT molecular complexity index is 2670. The van der Waals surface area contributed by atoms with Gasteiger partial charge in [-0.25, -0.2) is 21.6 Å². The van der Waals surface area contributed by atoms with Gasteiger partial charge in [-0.1, -0.05) is 51.1 Å². The molecule has 330 valence electrons. The molecule has 15 nitrogen and oxygen atoms in total. The third-order valence-corrected chi connectivity index (χ3v) is 12.7. The first-order valence-corrected chi connectivity index (χ1v) is 23.8. The zero-order valence-electron chi connectivity index (χ0n) is 36.1. The predicted molar refractivity (Wildman–Crippen MR) is 244 cm³/mol. The molecule has 1 aliphatic heterocycles. The quantitative estimate of drug-likeness (QED) is 0.0971. The molecule has 0 spiro atoms. The van der Waals surface area contributed by atoms with Crippen LogP contribution in [0.2, 0.25) is 0 Å². The minimum Gasteiger partial charge on any atom is -0.496 e. The molecule has 0 unspecified atom stereocenters. The maximum Gasteiger partial charge on any atom is 0.323 e. The van der Waals surface area contributed by atoms with Gasteiger partial charge in [0.05, 0.1) is 54.6 Å². The van der Waals surface area contributed by atoms with Gasteiger partial charge in [-0.2, -0.15) is 0 Å². The number of fused-ring (bicyclic) bond motifs is 1. The van der Waals surface area contributed by atoms with Crippen LogP contribution in [0.4, 0.5) is 21.9 Å². The number of pyridine rings is 1. The lowest BCUT2D eigenvalue weighted by molar-refractivity contribution is 0.0785. The fraction of sp³-hybridized carbons (Fsp3) is 0.356. The number of carbonyl (C=O) groups is 2. The standard InChI is InChI=1S/C45H54N6O9S2/c1-45(2,3)31-27-38(42(59-6)39(28-31)49-61(7,54)55)48-44(53)47-37-15-16-40(35-12-9-8-11-34(35)37)60-33-17-18-46-32(29-33)25-30-13-14-36(41(26-30)58-5)43(52)50(4)19-10-20-51-21-23-62(56,57)24-22-51/h8-9,11-18,26-29,49H,10,19-25H2,1-7H3,(H2,47,48,53). The van der Waals surface area contributed by atoms with Crippen molar-refractivity contribution >= 4 is 59.6 Å². The van der Waals surface area contributed by atoms with E-state index in [1.807, 2.05) is 63.2 Å². The lowest BCUT2D eigenvalue weighted by Crippen LogP contribution is -2.41. The van der Waals surface area contributed by atoms with Crippen LogP contribution in [-0.2, 0) is 31.7 Å². The van der Waals surface area contributed by atoms with Crippen LogP contribution < -0.4 is 29.6 Å². The second kappa shape index (κ2) is 19.0. The van der Waals surface area contributed by atoms with E-state index in [2.05, 4.69) is 25.2 Å². The number of carbonyl (C=O) groups excluding carboxylic acids is 2. The highest BCUT2D eigenvalue weighted by Crippen LogP contribution is 2.40. The number of hydrogen-bond donors (Lipinski definition) is 3. The first-order chi connectivity index (χ1) is 29.3. The summed E-state index contributed by atoms with van der Waals surface area (Å²) in [6.07, 6.45) is 3.88. The summed E-state index contributed by atoms with van der Waals surface area (Å²) in [6, 6.07) is 23.0. The van der Waals surface area contributed by atoms with Gasteiger partial charge in [0.15, 0.2) is 15.6 Å². The summed E-state index contributed by atoms with van der Waals surface area (Å²) in [7, 11) is -1.90. The number of amides is 3. The van der Waals surface area contributed by atoms with Crippen molar-refractivity contribution in [3.05, 3.63) is 107 Å². The Labute approximate surface area is 363 Å². The van der Waals surface area contributed by atoms with E-state index in [-0.39, 0.29) is 40.0 Å². The van der Waals surface area contributed by atoms with Gasteiger partial charge in [-0.3, -0.25) is 14.5 Å². The number of nitrogens with zero attached hydrogens (tertiary/aromatic N) is 3. The van der Waals surface area contributed by atoms with Crippen molar-refractivity contribution in [2.45, 2.75) is 39.0 Å². The van der Waals surface area contributed by atoms with Crippen molar-refractivity contribution in [2.24, 2.45) is 0 Å². The second-order valence-electron chi connectivity index (χ2n) is 16.3. The molecule has 0 atom stereocenters. The van der Waals surface area contributed by atoms with Gasteiger partial charge in [0, 0.05) is 61.8 Å². The molecular weight excluding hydrogens is 833 g/mol. The Morgan fingerprint density at radius 2 is 1.55 bits per heavy atom. The van der Waals surface area contributed by atoms with E-state index in [1.54, 1.807) is 54.5 Å². The van der Waals surface area contributed by atoms with Crippen LogP contribution in [0.3, 0.4) is 0 Å². The van der Waals surface area contributed by atoms with Gasteiger partial charge in [-0.15, -0.1) is 0 Å². The molecule has 5 aromatic rings. The van der Waals surface area contributed by atoms with Crippen LogP contribution >= 0.6 is 0 Å². The Balaban J connectivity index is 1.13. The molecule has 0 saturated carbocycles. The average Bonchev–Trinajstić information content (AvgIpc) is 3.21. The summed E-state index contributed by atoms with van der Waals surface area (Å²) in [4.78, 5) is 35.3. The van der Waals surface area contributed by atoms with E-state index in [4.69, 9.17) is 14.2 Å². The van der Waals surface area contributed by atoms with Gasteiger partial charge in [0.25, 0.3) is 5.91 Å². The minimum absolute atomic E-state index is 0.165. The van der Waals surface area contributed by atoms with E-state index in [0.717, 1.165) is 46.8 Å². The number of aromatic nitrogens is 1. The first-order valence-electron chi connectivity index (χ1n) is 20.1. The number of ether oxygens (including phenoxy) is 3. The highest BCUT2D eigenvalue weighted by molar-refractivity contribution is 7.92. The Morgan fingerprint density at radius 1 is 0.855 bits per heavy atom. The van der Waals surface area contributed by atoms with Gasteiger partial charge in [-0.05, 0) is 72.0 Å². The first kappa shape index (κ1) is 45.6. The molecule has 0 radical (unpaired) electrons. The zero-order chi connectivity index (χ0) is 44.8. The van der Waals surface area contributed by atoms with Gasteiger partial charge < -0.3 is 34.6 Å². The monoisotopic (exact) mass is 886 g/mol. The normalized spacial score (nSPS) is 14.2. The maximum atomic E-state index is 13.5. The number of sulfonamides is 1. The number of hydrogen-bond acceptors (Lipinski definition) is 11. The molecule has 1 fully saturated rings. The molecule has 4 aromatic carbocycles. The molecule has 0 bridgehead atoms.